The van der Waals surface area contributed by atoms with E-state index in [0.717, 1.165) is 22.3 Å². The van der Waals surface area contributed by atoms with Gasteiger partial charge < -0.3 is 9.72 Å². The van der Waals surface area contributed by atoms with E-state index in [0.29, 0.717) is 18.8 Å². The number of aryl methyl sites for hydroxylation is 1. The number of fused-ring (bicyclic) bond motifs is 1. The molecule has 2 N–H and O–H groups in total. The second-order valence-electron chi connectivity index (χ2n) is 5.00. The van der Waals surface area contributed by atoms with Crippen LogP contribution < -0.4 is 10.1 Å². The number of carbonyl (C=O) groups is 1. The van der Waals surface area contributed by atoms with Crippen molar-refractivity contribution in [1.82, 2.24) is 9.97 Å². The summed E-state index contributed by atoms with van der Waals surface area (Å²) in [6.45, 7) is 0. The first-order chi connectivity index (χ1) is 10.7. The van der Waals surface area contributed by atoms with Crippen molar-refractivity contribution in [3.63, 3.8) is 0 Å². The second kappa shape index (κ2) is 6.30. The van der Waals surface area contributed by atoms with Gasteiger partial charge in [-0.2, -0.15) is 0 Å². The molecular formula is C17H17N3O2. The summed E-state index contributed by atoms with van der Waals surface area (Å²) >= 11 is 0. The third-order valence-corrected chi connectivity index (χ3v) is 3.43. The Morgan fingerprint density at radius 1 is 1.23 bits per heavy atom. The number of rotatable bonds is 5. The van der Waals surface area contributed by atoms with Crippen molar-refractivity contribution < 1.29 is 9.53 Å². The van der Waals surface area contributed by atoms with Crippen LogP contribution in [-0.2, 0) is 11.2 Å². The fraction of sp³-hybridized carbons (Fsp3) is 0.176. The molecule has 0 atom stereocenters. The third kappa shape index (κ3) is 3.25. The lowest BCUT2D eigenvalue weighted by Gasteiger charge is -2.02. The van der Waals surface area contributed by atoms with Gasteiger partial charge in [0.05, 0.1) is 18.1 Å². The normalized spacial score (nSPS) is 10.6. The molecule has 0 bridgehead atoms. The Balaban J connectivity index is 1.63. The molecule has 5 nitrogen and oxygen atoms in total. The lowest BCUT2D eigenvalue weighted by Crippen LogP contribution is -2.13. The van der Waals surface area contributed by atoms with Crippen LogP contribution >= 0.6 is 0 Å². The second-order valence-corrected chi connectivity index (χ2v) is 5.00. The molecule has 0 unspecified atom stereocenters. The van der Waals surface area contributed by atoms with E-state index in [1.807, 2.05) is 48.5 Å². The molecule has 1 heterocycles. The average Bonchev–Trinajstić information content (AvgIpc) is 2.95. The number of aromatic amines is 1. The van der Waals surface area contributed by atoms with Gasteiger partial charge in [0.2, 0.25) is 11.9 Å². The maximum atomic E-state index is 12.0. The van der Waals surface area contributed by atoms with Gasteiger partial charge in [-0.15, -0.1) is 0 Å². The number of ether oxygens (including phenoxy) is 1. The van der Waals surface area contributed by atoms with Crippen LogP contribution in [0.5, 0.6) is 5.75 Å². The van der Waals surface area contributed by atoms with E-state index >= 15 is 0 Å². The highest BCUT2D eigenvalue weighted by Gasteiger charge is 2.08. The summed E-state index contributed by atoms with van der Waals surface area (Å²) < 4.78 is 5.17. The summed E-state index contributed by atoms with van der Waals surface area (Å²) in [7, 11) is 1.61. The topological polar surface area (TPSA) is 67.0 Å². The van der Waals surface area contributed by atoms with Crippen LogP contribution in [0, 0.1) is 0 Å². The van der Waals surface area contributed by atoms with Crippen molar-refractivity contribution in [3.05, 3.63) is 54.1 Å². The Morgan fingerprint density at radius 2 is 2.05 bits per heavy atom. The Bertz CT molecular complexity index is 781. The Morgan fingerprint density at radius 3 is 2.82 bits per heavy atom. The van der Waals surface area contributed by atoms with Crippen LogP contribution in [0.4, 0.5) is 5.95 Å². The monoisotopic (exact) mass is 295 g/mol. The summed E-state index contributed by atoms with van der Waals surface area (Å²) in [6.07, 6.45) is 1.13. The Labute approximate surface area is 128 Å². The maximum Gasteiger partial charge on any atom is 0.227 e. The highest BCUT2D eigenvalue weighted by atomic mass is 16.5. The molecule has 0 aliphatic rings. The average molecular weight is 295 g/mol. The Hall–Kier alpha value is -2.82. The van der Waals surface area contributed by atoms with Gasteiger partial charge in [0, 0.05) is 12.5 Å². The summed E-state index contributed by atoms with van der Waals surface area (Å²) in [5, 5.41) is 2.79. The molecule has 5 heteroatoms. The molecule has 1 amide bonds. The molecule has 0 fully saturated rings. The van der Waals surface area contributed by atoms with E-state index in [1.54, 1.807) is 7.11 Å². The van der Waals surface area contributed by atoms with Crippen molar-refractivity contribution >= 4 is 22.9 Å². The number of benzene rings is 2. The lowest BCUT2D eigenvalue weighted by molar-refractivity contribution is -0.116. The first-order valence-corrected chi connectivity index (χ1v) is 7.12. The molecular weight excluding hydrogens is 278 g/mol. The highest BCUT2D eigenvalue weighted by Crippen LogP contribution is 2.20. The van der Waals surface area contributed by atoms with Gasteiger partial charge in [-0.05, 0) is 24.1 Å². The number of nitrogens with zero attached hydrogens (tertiary/aromatic N) is 1. The van der Waals surface area contributed by atoms with Gasteiger partial charge in [0.1, 0.15) is 5.75 Å². The minimum Gasteiger partial charge on any atom is -0.497 e. The fourth-order valence-corrected chi connectivity index (χ4v) is 2.27. The zero-order valence-corrected chi connectivity index (χ0v) is 12.3. The molecule has 3 aromatic rings. The van der Waals surface area contributed by atoms with Gasteiger partial charge in [-0.1, -0.05) is 30.3 Å². The van der Waals surface area contributed by atoms with Crippen molar-refractivity contribution in [2.75, 3.05) is 12.4 Å². The number of amides is 1. The van der Waals surface area contributed by atoms with Gasteiger partial charge in [0.15, 0.2) is 0 Å². The molecule has 22 heavy (non-hydrogen) atoms. The van der Waals surface area contributed by atoms with Crippen LogP contribution in [0.1, 0.15) is 12.0 Å². The zero-order chi connectivity index (χ0) is 15.4. The molecule has 0 saturated carbocycles. The predicted molar refractivity (Wildman–Crippen MR) is 86.0 cm³/mol. The van der Waals surface area contributed by atoms with E-state index in [1.165, 1.54) is 0 Å². The van der Waals surface area contributed by atoms with E-state index in [2.05, 4.69) is 15.3 Å². The van der Waals surface area contributed by atoms with Crippen LogP contribution in [0.15, 0.2) is 48.5 Å². The number of aromatic nitrogens is 2. The predicted octanol–water partition coefficient (Wildman–Crippen LogP) is 3.14. The third-order valence-electron chi connectivity index (χ3n) is 3.43. The van der Waals surface area contributed by atoms with Crippen LogP contribution in [-0.4, -0.2) is 23.0 Å². The minimum atomic E-state index is -0.0603. The molecule has 0 aliphatic carbocycles. The largest absolute Gasteiger partial charge is 0.497 e. The van der Waals surface area contributed by atoms with Gasteiger partial charge in [-0.3, -0.25) is 10.1 Å². The van der Waals surface area contributed by atoms with Crippen molar-refractivity contribution in [2.45, 2.75) is 12.8 Å². The van der Waals surface area contributed by atoms with Crippen LogP contribution in [0.3, 0.4) is 0 Å². The van der Waals surface area contributed by atoms with E-state index in [-0.39, 0.29) is 5.91 Å². The summed E-state index contributed by atoms with van der Waals surface area (Å²) in [5.74, 6) is 1.15. The van der Waals surface area contributed by atoms with E-state index in [4.69, 9.17) is 4.74 Å². The first-order valence-electron chi connectivity index (χ1n) is 7.12. The lowest BCUT2D eigenvalue weighted by atomic mass is 10.1. The summed E-state index contributed by atoms with van der Waals surface area (Å²) in [6, 6.07) is 15.5. The van der Waals surface area contributed by atoms with Gasteiger partial charge in [-0.25, -0.2) is 4.98 Å². The fourth-order valence-electron chi connectivity index (χ4n) is 2.27. The number of nitrogens with one attached hydrogen (secondary N) is 2. The number of imidazole rings is 1. The molecule has 0 aliphatic heterocycles. The van der Waals surface area contributed by atoms with Crippen molar-refractivity contribution in [1.29, 1.82) is 0 Å². The zero-order valence-electron chi connectivity index (χ0n) is 12.3. The number of hydrogen-bond acceptors (Lipinski definition) is 3. The SMILES string of the molecule is COc1ccc2nc(NC(=O)CCc3ccccc3)[nH]c2c1. The molecule has 1 aromatic heterocycles. The first kappa shape index (κ1) is 14.1. The molecule has 0 spiro atoms. The summed E-state index contributed by atoms with van der Waals surface area (Å²) in [5.41, 5.74) is 2.77. The maximum absolute atomic E-state index is 12.0. The van der Waals surface area contributed by atoms with Crippen LogP contribution in [0.25, 0.3) is 11.0 Å². The molecule has 112 valence electrons. The molecule has 3 rings (SSSR count). The minimum absolute atomic E-state index is 0.0603. The summed E-state index contributed by atoms with van der Waals surface area (Å²) in [4.78, 5) is 19.4. The number of methoxy groups -OCH3 is 1. The molecule has 2 aromatic carbocycles. The molecule has 0 radical (unpaired) electrons. The number of carbonyl (C=O) groups excluding carboxylic acids is 1. The standard InChI is InChI=1S/C17H17N3O2/c1-22-13-8-9-14-15(11-13)19-17(18-14)20-16(21)10-7-12-5-3-2-4-6-12/h2-6,8-9,11H,7,10H2,1H3,(H2,18,19,20,21). The number of H-pyrrole nitrogens is 1. The van der Waals surface area contributed by atoms with E-state index < -0.39 is 0 Å². The van der Waals surface area contributed by atoms with Crippen molar-refractivity contribution in [2.24, 2.45) is 0 Å². The smallest absolute Gasteiger partial charge is 0.227 e. The quantitative estimate of drug-likeness (QED) is 0.760. The van der Waals surface area contributed by atoms with E-state index in [9.17, 15) is 4.79 Å². The van der Waals surface area contributed by atoms with Gasteiger partial charge >= 0.3 is 0 Å². The number of hydrogen-bond donors (Lipinski definition) is 2. The number of anilines is 1. The highest BCUT2D eigenvalue weighted by molar-refractivity contribution is 5.91. The molecule has 0 saturated heterocycles. The van der Waals surface area contributed by atoms with Crippen molar-refractivity contribution in [3.8, 4) is 5.75 Å². The Kier molecular flexibility index (Phi) is 4.05. The van der Waals surface area contributed by atoms with Gasteiger partial charge in [0.25, 0.3) is 0 Å². The van der Waals surface area contributed by atoms with Crippen LogP contribution in [0.2, 0.25) is 0 Å².